The molecule has 1 heterocycles. The topological polar surface area (TPSA) is 64.8 Å². The van der Waals surface area contributed by atoms with Gasteiger partial charge in [-0.15, -0.1) is 0 Å². The van der Waals surface area contributed by atoms with Crippen LogP contribution in [0.25, 0.3) is 0 Å². The summed E-state index contributed by atoms with van der Waals surface area (Å²) in [5.41, 5.74) is 9.95. The molecule has 2 unspecified atom stereocenters. The highest BCUT2D eigenvalue weighted by molar-refractivity contribution is 5.81. The van der Waals surface area contributed by atoms with Crippen LogP contribution in [0, 0.1) is 5.82 Å². The monoisotopic (exact) mass is 448 g/mol. The predicted octanol–water partition coefficient (Wildman–Crippen LogP) is 4.60. The van der Waals surface area contributed by atoms with Gasteiger partial charge >= 0.3 is 0 Å². The highest BCUT2D eigenvalue weighted by Gasteiger charge is 2.36. The SMILES string of the molecule is COc1cc2c(cc1OC)C(CCc1cccc(F)c1)N(C(C(N)=O)c1ccccc1)CC2. The Morgan fingerprint density at radius 2 is 1.79 bits per heavy atom. The molecule has 0 bridgehead atoms. The molecular weight excluding hydrogens is 419 g/mol. The Balaban J connectivity index is 1.76. The molecule has 1 aliphatic heterocycles. The third-order valence-electron chi connectivity index (χ3n) is 6.36. The van der Waals surface area contributed by atoms with Crippen LogP contribution in [0.3, 0.4) is 0 Å². The zero-order valence-corrected chi connectivity index (χ0v) is 19.0. The molecule has 33 heavy (non-hydrogen) atoms. The highest BCUT2D eigenvalue weighted by Crippen LogP contribution is 2.43. The molecule has 4 rings (SSSR count). The number of aryl methyl sites for hydroxylation is 1. The summed E-state index contributed by atoms with van der Waals surface area (Å²) in [6, 6.07) is 19.6. The number of amides is 1. The molecule has 172 valence electrons. The van der Waals surface area contributed by atoms with Crippen molar-refractivity contribution in [3.05, 3.63) is 94.8 Å². The van der Waals surface area contributed by atoms with Gasteiger partial charge in [-0.1, -0.05) is 42.5 Å². The molecule has 0 fully saturated rings. The number of benzene rings is 3. The molecule has 0 aliphatic carbocycles. The van der Waals surface area contributed by atoms with Gasteiger partial charge in [-0.05, 0) is 65.8 Å². The van der Waals surface area contributed by atoms with Crippen molar-refractivity contribution in [1.29, 1.82) is 0 Å². The first-order chi connectivity index (χ1) is 16.0. The second-order valence-corrected chi connectivity index (χ2v) is 8.29. The molecule has 5 nitrogen and oxygen atoms in total. The first-order valence-electron chi connectivity index (χ1n) is 11.1. The zero-order chi connectivity index (χ0) is 23.4. The van der Waals surface area contributed by atoms with Crippen LogP contribution in [0.15, 0.2) is 66.7 Å². The Labute approximate surface area is 193 Å². The minimum Gasteiger partial charge on any atom is -0.493 e. The Hall–Kier alpha value is -3.38. The summed E-state index contributed by atoms with van der Waals surface area (Å²) >= 11 is 0. The van der Waals surface area contributed by atoms with E-state index in [-0.39, 0.29) is 17.8 Å². The van der Waals surface area contributed by atoms with Gasteiger partial charge in [0, 0.05) is 12.6 Å². The molecule has 6 heteroatoms. The largest absolute Gasteiger partial charge is 0.493 e. The number of hydrogen-bond acceptors (Lipinski definition) is 4. The van der Waals surface area contributed by atoms with E-state index in [2.05, 4.69) is 4.90 Å². The third kappa shape index (κ3) is 4.86. The Morgan fingerprint density at radius 1 is 1.06 bits per heavy atom. The number of nitrogens with two attached hydrogens (primary N) is 1. The van der Waals surface area contributed by atoms with Crippen molar-refractivity contribution in [2.45, 2.75) is 31.3 Å². The van der Waals surface area contributed by atoms with Crippen molar-refractivity contribution < 1.29 is 18.7 Å². The summed E-state index contributed by atoms with van der Waals surface area (Å²) in [6.45, 7) is 0.665. The number of rotatable bonds is 8. The van der Waals surface area contributed by atoms with E-state index in [1.807, 2.05) is 48.5 Å². The van der Waals surface area contributed by atoms with E-state index in [4.69, 9.17) is 15.2 Å². The van der Waals surface area contributed by atoms with Crippen molar-refractivity contribution >= 4 is 5.91 Å². The van der Waals surface area contributed by atoms with Crippen molar-refractivity contribution in [3.63, 3.8) is 0 Å². The standard InChI is InChI=1S/C27H29FN2O3/c1-32-24-16-20-13-14-30(26(27(29)31)19-8-4-3-5-9-19)23(22(20)17-25(24)33-2)12-11-18-7-6-10-21(28)15-18/h3-10,15-17,23,26H,11-14H2,1-2H3,(H2,29,31). The lowest BCUT2D eigenvalue weighted by molar-refractivity contribution is -0.124. The average Bonchev–Trinajstić information content (AvgIpc) is 2.83. The summed E-state index contributed by atoms with van der Waals surface area (Å²) in [7, 11) is 3.24. The molecule has 3 aromatic carbocycles. The highest BCUT2D eigenvalue weighted by atomic mass is 19.1. The molecule has 0 saturated heterocycles. The van der Waals surface area contributed by atoms with E-state index in [9.17, 15) is 9.18 Å². The first-order valence-corrected chi connectivity index (χ1v) is 11.1. The number of methoxy groups -OCH3 is 2. The van der Waals surface area contributed by atoms with Crippen LogP contribution in [0.1, 0.15) is 40.8 Å². The van der Waals surface area contributed by atoms with Crippen molar-refractivity contribution in [3.8, 4) is 11.5 Å². The minimum atomic E-state index is -0.565. The van der Waals surface area contributed by atoms with Gasteiger partial charge in [0.05, 0.1) is 14.2 Å². The first kappa shape index (κ1) is 22.8. The minimum absolute atomic E-state index is 0.102. The Kier molecular flexibility index (Phi) is 6.94. The number of carbonyl (C=O) groups is 1. The van der Waals surface area contributed by atoms with Crippen LogP contribution in [-0.4, -0.2) is 31.6 Å². The van der Waals surface area contributed by atoms with Gasteiger partial charge in [0.1, 0.15) is 11.9 Å². The summed E-state index contributed by atoms with van der Waals surface area (Å²) in [4.78, 5) is 14.9. The molecule has 0 spiro atoms. The summed E-state index contributed by atoms with van der Waals surface area (Å²) in [6.07, 6.45) is 2.11. The fourth-order valence-corrected chi connectivity index (χ4v) is 4.83. The van der Waals surface area contributed by atoms with Gasteiger partial charge in [0.2, 0.25) is 5.91 Å². The summed E-state index contributed by atoms with van der Waals surface area (Å²) in [5, 5.41) is 0. The zero-order valence-electron chi connectivity index (χ0n) is 19.0. The van der Waals surface area contributed by atoms with Gasteiger partial charge in [-0.25, -0.2) is 4.39 Å². The maximum atomic E-state index is 13.8. The van der Waals surface area contributed by atoms with Crippen LogP contribution in [0.4, 0.5) is 4.39 Å². The molecule has 3 aromatic rings. The molecule has 0 radical (unpaired) electrons. The second kappa shape index (κ2) is 10.0. The molecule has 1 aliphatic rings. The number of carbonyl (C=O) groups excluding carboxylic acids is 1. The van der Waals surface area contributed by atoms with Crippen LogP contribution < -0.4 is 15.2 Å². The van der Waals surface area contributed by atoms with E-state index in [1.54, 1.807) is 26.4 Å². The van der Waals surface area contributed by atoms with Gasteiger partial charge < -0.3 is 15.2 Å². The number of ether oxygens (including phenoxy) is 2. The predicted molar refractivity (Wildman–Crippen MR) is 126 cm³/mol. The lowest BCUT2D eigenvalue weighted by atomic mass is 9.86. The average molecular weight is 449 g/mol. The van der Waals surface area contributed by atoms with Gasteiger partial charge in [0.15, 0.2) is 11.5 Å². The van der Waals surface area contributed by atoms with Gasteiger partial charge in [0.25, 0.3) is 0 Å². The number of nitrogens with zero attached hydrogens (tertiary/aromatic N) is 1. The van der Waals surface area contributed by atoms with Gasteiger partial charge in [-0.3, -0.25) is 9.69 Å². The number of halogens is 1. The third-order valence-corrected chi connectivity index (χ3v) is 6.36. The van der Waals surface area contributed by atoms with Crippen molar-refractivity contribution in [2.75, 3.05) is 20.8 Å². The summed E-state index contributed by atoms with van der Waals surface area (Å²) in [5.74, 6) is 0.687. The second-order valence-electron chi connectivity index (χ2n) is 8.29. The molecule has 0 saturated carbocycles. The Morgan fingerprint density at radius 3 is 2.45 bits per heavy atom. The van der Waals surface area contributed by atoms with E-state index < -0.39 is 6.04 Å². The van der Waals surface area contributed by atoms with Crippen LogP contribution in [0.5, 0.6) is 11.5 Å². The van der Waals surface area contributed by atoms with E-state index in [0.29, 0.717) is 30.9 Å². The number of primary amides is 1. The Bertz CT molecular complexity index is 1120. The fourth-order valence-electron chi connectivity index (χ4n) is 4.83. The molecule has 2 N–H and O–H groups in total. The van der Waals surface area contributed by atoms with Crippen LogP contribution in [-0.2, 0) is 17.6 Å². The molecule has 2 atom stereocenters. The van der Waals surface area contributed by atoms with Crippen molar-refractivity contribution in [2.24, 2.45) is 5.73 Å². The number of hydrogen-bond donors (Lipinski definition) is 1. The van der Waals surface area contributed by atoms with Crippen LogP contribution >= 0.6 is 0 Å². The molecular formula is C27H29FN2O3. The number of fused-ring (bicyclic) bond motifs is 1. The molecule has 1 amide bonds. The van der Waals surface area contributed by atoms with Crippen molar-refractivity contribution in [1.82, 2.24) is 4.90 Å². The van der Waals surface area contributed by atoms with Gasteiger partial charge in [-0.2, -0.15) is 0 Å². The normalized spacial score (nSPS) is 16.6. The van der Waals surface area contributed by atoms with Crippen LogP contribution in [0.2, 0.25) is 0 Å². The smallest absolute Gasteiger partial charge is 0.239 e. The summed E-state index contributed by atoms with van der Waals surface area (Å²) < 4.78 is 24.9. The maximum absolute atomic E-state index is 13.8. The lowest BCUT2D eigenvalue weighted by Crippen LogP contribution is -2.44. The molecule has 0 aromatic heterocycles. The van der Waals surface area contributed by atoms with E-state index in [1.165, 1.54) is 6.07 Å². The van der Waals surface area contributed by atoms with E-state index >= 15 is 0 Å². The fraction of sp³-hybridized carbons (Fsp3) is 0.296. The quantitative estimate of drug-likeness (QED) is 0.547. The lowest BCUT2D eigenvalue weighted by Gasteiger charge is -2.41. The van der Waals surface area contributed by atoms with E-state index in [0.717, 1.165) is 28.7 Å². The maximum Gasteiger partial charge on any atom is 0.239 e.